The van der Waals surface area contributed by atoms with Crippen LogP contribution < -0.4 is 16.4 Å². The molecule has 0 saturated heterocycles. The van der Waals surface area contributed by atoms with Crippen LogP contribution in [0.2, 0.25) is 0 Å². The van der Waals surface area contributed by atoms with E-state index in [1.54, 1.807) is 24.3 Å². The lowest BCUT2D eigenvalue weighted by Gasteiger charge is -2.19. The summed E-state index contributed by atoms with van der Waals surface area (Å²) in [6.07, 6.45) is 1.84. The van der Waals surface area contributed by atoms with E-state index in [-0.39, 0.29) is 5.41 Å². The van der Waals surface area contributed by atoms with Crippen molar-refractivity contribution < 1.29 is 4.79 Å². The first kappa shape index (κ1) is 16.8. The predicted molar refractivity (Wildman–Crippen MR) is 100 cm³/mol. The minimum Gasteiger partial charge on any atom is -0.369 e. The lowest BCUT2D eigenvalue weighted by atomic mass is 9.97. The lowest BCUT2D eigenvalue weighted by molar-refractivity contribution is 0.100. The van der Waals surface area contributed by atoms with Gasteiger partial charge in [-0.15, -0.1) is 0 Å². The number of amides is 1. The van der Waals surface area contributed by atoms with Crippen LogP contribution in [0.15, 0.2) is 36.5 Å². The van der Waals surface area contributed by atoms with Crippen LogP contribution in [0.3, 0.4) is 0 Å². The summed E-state index contributed by atoms with van der Waals surface area (Å²) in [5, 5.41) is 7.49. The maximum Gasteiger partial charge on any atom is 0.248 e. The first-order chi connectivity index (χ1) is 11.8. The zero-order valence-electron chi connectivity index (χ0n) is 14.6. The quantitative estimate of drug-likeness (QED) is 0.571. The summed E-state index contributed by atoms with van der Waals surface area (Å²) >= 11 is 0. The predicted octanol–water partition coefficient (Wildman–Crippen LogP) is 3.26. The van der Waals surface area contributed by atoms with Crippen molar-refractivity contribution in [2.75, 3.05) is 17.2 Å². The molecule has 1 aromatic carbocycles. The third-order valence-electron chi connectivity index (χ3n) is 3.63. The topological polar surface area (TPSA) is 109 Å². The molecular formula is C18H22N6O. The number of carbonyl (C=O) groups is 1. The van der Waals surface area contributed by atoms with Gasteiger partial charge in [-0.1, -0.05) is 20.8 Å². The highest BCUT2D eigenvalue weighted by molar-refractivity contribution is 5.93. The molecule has 0 bridgehead atoms. The standard InChI is InChI=1S/C18H22N6O/c1-18(2,3)10-21-16-13-8-9-20-15(13)23-17(24-16)22-12-6-4-11(5-7-12)14(19)25/h4-9H,10H2,1-3H3,(H2,19,25)(H3,20,21,22,23,24). The summed E-state index contributed by atoms with van der Waals surface area (Å²) in [6.45, 7) is 7.27. The van der Waals surface area contributed by atoms with Gasteiger partial charge in [-0.25, -0.2) is 0 Å². The Morgan fingerprint density at radius 1 is 1.16 bits per heavy atom. The van der Waals surface area contributed by atoms with Gasteiger partial charge in [-0.05, 0) is 35.7 Å². The molecule has 0 aliphatic rings. The highest BCUT2D eigenvalue weighted by atomic mass is 16.1. The number of hydrogen-bond donors (Lipinski definition) is 4. The van der Waals surface area contributed by atoms with Crippen LogP contribution in [0.4, 0.5) is 17.5 Å². The molecule has 0 saturated carbocycles. The molecule has 0 radical (unpaired) electrons. The SMILES string of the molecule is CC(C)(C)CNc1nc(Nc2ccc(C(N)=O)cc2)nc2[nH]ccc12. The van der Waals surface area contributed by atoms with Crippen LogP contribution in [-0.4, -0.2) is 27.4 Å². The van der Waals surface area contributed by atoms with E-state index in [2.05, 4.69) is 46.4 Å². The summed E-state index contributed by atoms with van der Waals surface area (Å²) in [7, 11) is 0. The highest BCUT2D eigenvalue weighted by Crippen LogP contribution is 2.24. The van der Waals surface area contributed by atoms with Crippen molar-refractivity contribution in [2.45, 2.75) is 20.8 Å². The molecule has 5 N–H and O–H groups in total. The van der Waals surface area contributed by atoms with Crippen molar-refractivity contribution in [1.29, 1.82) is 0 Å². The van der Waals surface area contributed by atoms with Gasteiger partial charge in [-0.2, -0.15) is 9.97 Å². The Kier molecular flexibility index (Phi) is 4.31. The molecule has 7 heteroatoms. The minimum atomic E-state index is -0.454. The zero-order valence-corrected chi connectivity index (χ0v) is 14.6. The number of rotatable bonds is 5. The number of nitrogens with zero attached hydrogens (tertiary/aromatic N) is 2. The van der Waals surface area contributed by atoms with Crippen molar-refractivity contribution in [2.24, 2.45) is 11.1 Å². The fourth-order valence-electron chi connectivity index (χ4n) is 2.33. The number of fused-ring (bicyclic) bond motifs is 1. The van der Waals surface area contributed by atoms with E-state index in [4.69, 9.17) is 5.73 Å². The first-order valence-electron chi connectivity index (χ1n) is 8.08. The number of nitrogens with two attached hydrogens (primary N) is 1. The lowest BCUT2D eigenvalue weighted by Crippen LogP contribution is -2.20. The molecule has 3 rings (SSSR count). The van der Waals surface area contributed by atoms with E-state index < -0.39 is 5.91 Å². The Balaban J connectivity index is 1.87. The molecule has 0 aliphatic carbocycles. The highest BCUT2D eigenvalue weighted by Gasteiger charge is 2.13. The first-order valence-corrected chi connectivity index (χ1v) is 8.08. The maximum atomic E-state index is 11.1. The van der Waals surface area contributed by atoms with Crippen molar-refractivity contribution in [3.8, 4) is 0 Å². The Morgan fingerprint density at radius 3 is 2.52 bits per heavy atom. The van der Waals surface area contributed by atoms with Gasteiger partial charge in [-0.3, -0.25) is 4.79 Å². The summed E-state index contributed by atoms with van der Waals surface area (Å²) in [4.78, 5) is 23.3. The molecule has 0 fully saturated rings. The van der Waals surface area contributed by atoms with Crippen molar-refractivity contribution in [1.82, 2.24) is 15.0 Å². The second-order valence-corrected chi connectivity index (χ2v) is 7.12. The molecular weight excluding hydrogens is 316 g/mol. The van der Waals surface area contributed by atoms with E-state index in [1.807, 2.05) is 12.3 Å². The van der Waals surface area contributed by atoms with E-state index in [0.29, 0.717) is 11.5 Å². The molecule has 3 aromatic rings. The molecule has 1 amide bonds. The zero-order chi connectivity index (χ0) is 18.0. The average molecular weight is 338 g/mol. The fourth-order valence-corrected chi connectivity index (χ4v) is 2.33. The number of carbonyl (C=O) groups excluding carboxylic acids is 1. The molecule has 0 unspecified atom stereocenters. The van der Waals surface area contributed by atoms with Gasteiger partial charge in [0.2, 0.25) is 11.9 Å². The molecule has 25 heavy (non-hydrogen) atoms. The monoisotopic (exact) mass is 338 g/mol. The normalized spacial score (nSPS) is 11.5. The smallest absolute Gasteiger partial charge is 0.248 e. The van der Waals surface area contributed by atoms with E-state index in [9.17, 15) is 4.79 Å². The van der Waals surface area contributed by atoms with Gasteiger partial charge in [0.05, 0.1) is 5.39 Å². The Bertz CT molecular complexity index is 892. The van der Waals surface area contributed by atoms with Crippen molar-refractivity contribution in [3.05, 3.63) is 42.1 Å². The number of hydrogen-bond acceptors (Lipinski definition) is 5. The van der Waals surface area contributed by atoms with Gasteiger partial charge < -0.3 is 21.4 Å². The number of aromatic nitrogens is 3. The summed E-state index contributed by atoms with van der Waals surface area (Å²) in [6, 6.07) is 8.81. The maximum absolute atomic E-state index is 11.1. The third kappa shape index (κ3) is 4.06. The molecule has 2 aromatic heterocycles. The number of H-pyrrole nitrogens is 1. The summed E-state index contributed by atoms with van der Waals surface area (Å²) in [5.74, 6) is 0.792. The fraction of sp³-hybridized carbons (Fsp3) is 0.278. The number of nitrogens with one attached hydrogen (secondary N) is 3. The largest absolute Gasteiger partial charge is 0.369 e. The third-order valence-corrected chi connectivity index (χ3v) is 3.63. The number of primary amides is 1. The molecule has 0 spiro atoms. The van der Waals surface area contributed by atoms with Gasteiger partial charge >= 0.3 is 0 Å². The second-order valence-electron chi connectivity index (χ2n) is 7.12. The molecule has 130 valence electrons. The number of anilines is 3. The summed E-state index contributed by atoms with van der Waals surface area (Å²) < 4.78 is 0. The minimum absolute atomic E-state index is 0.131. The van der Waals surface area contributed by atoms with Crippen LogP contribution in [0, 0.1) is 5.41 Å². The Morgan fingerprint density at radius 2 is 1.88 bits per heavy atom. The van der Waals surface area contributed by atoms with Crippen molar-refractivity contribution >= 4 is 34.4 Å². The molecule has 2 heterocycles. The average Bonchev–Trinajstić information content (AvgIpc) is 3.01. The van der Waals surface area contributed by atoms with Crippen LogP contribution in [0.25, 0.3) is 11.0 Å². The van der Waals surface area contributed by atoms with E-state index in [0.717, 1.165) is 29.1 Å². The van der Waals surface area contributed by atoms with Crippen LogP contribution in [-0.2, 0) is 0 Å². The molecule has 0 aliphatic heterocycles. The number of benzene rings is 1. The van der Waals surface area contributed by atoms with Gasteiger partial charge in [0.15, 0.2) is 0 Å². The Hall–Kier alpha value is -3.09. The van der Waals surface area contributed by atoms with E-state index >= 15 is 0 Å². The van der Waals surface area contributed by atoms with Gasteiger partial charge in [0.1, 0.15) is 11.5 Å². The number of aromatic amines is 1. The van der Waals surface area contributed by atoms with Crippen LogP contribution >= 0.6 is 0 Å². The molecule has 7 nitrogen and oxygen atoms in total. The molecule has 0 atom stereocenters. The van der Waals surface area contributed by atoms with Crippen LogP contribution in [0.1, 0.15) is 31.1 Å². The van der Waals surface area contributed by atoms with Crippen molar-refractivity contribution in [3.63, 3.8) is 0 Å². The Labute approximate surface area is 146 Å². The van der Waals surface area contributed by atoms with Gasteiger partial charge in [0.25, 0.3) is 0 Å². The van der Waals surface area contributed by atoms with Crippen LogP contribution in [0.5, 0.6) is 0 Å². The summed E-state index contributed by atoms with van der Waals surface area (Å²) in [5.41, 5.74) is 7.37. The second kappa shape index (κ2) is 6.43. The van der Waals surface area contributed by atoms with Gasteiger partial charge in [0, 0.05) is 24.0 Å². The van der Waals surface area contributed by atoms with E-state index in [1.165, 1.54) is 0 Å².